The van der Waals surface area contributed by atoms with Crippen molar-refractivity contribution in [2.24, 2.45) is 0 Å². The summed E-state index contributed by atoms with van der Waals surface area (Å²) in [5.74, 6) is 0. The maximum Gasteiger partial charge on any atom is 0.0271 e. The number of rotatable bonds is 0. The Morgan fingerprint density at radius 3 is 0.833 bits per heavy atom. The van der Waals surface area contributed by atoms with Crippen LogP contribution in [0.3, 0.4) is 0 Å². The van der Waals surface area contributed by atoms with Crippen molar-refractivity contribution in [2.75, 3.05) is 0 Å². The van der Waals surface area contributed by atoms with E-state index in [1.165, 1.54) is 25.7 Å². The monoisotopic (exact) mass is 424 g/mol. The molecule has 0 aromatic heterocycles. The average Bonchev–Trinajstić information content (AvgIpc) is 2.07. The summed E-state index contributed by atoms with van der Waals surface area (Å²) in [6, 6.07) is 0. The van der Waals surface area contributed by atoms with Gasteiger partial charge in [0, 0.05) is 19.3 Å². The summed E-state index contributed by atoms with van der Waals surface area (Å²) in [4.78, 5) is 2.55. The summed E-state index contributed by atoms with van der Waals surface area (Å²) in [6.45, 7) is 0. The van der Waals surface area contributed by atoms with Crippen LogP contribution in [0, 0.1) is 0 Å². The zero-order chi connectivity index (χ0) is 9.14. The molecular weight excluding hydrogens is 416 g/mol. The van der Waals surface area contributed by atoms with Gasteiger partial charge in [-0.25, -0.2) is 0 Å². The van der Waals surface area contributed by atoms with Crippen LogP contribution in [0.4, 0.5) is 0 Å². The van der Waals surface area contributed by atoms with E-state index in [1.807, 2.05) is 0 Å². The van der Waals surface area contributed by atoms with Gasteiger partial charge in [-0.3, -0.25) is 0 Å². The maximum absolute atomic E-state index is 3.70. The summed E-state index contributed by atoms with van der Waals surface area (Å²) in [5, 5.41) is 0. The molecule has 0 spiro atoms. The Morgan fingerprint density at radius 2 is 0.667 bits per heavy atom. The lowest BCUT2D eigenvalue weighted by Crippen LogP contribution is -2.25. The molecule has 0 aromatic carbocycles. The van der Waals surface area contributed by atoms with Crippen LogP contribution in [0.2, 0.25) is 0 Å². The predicted octanol–water partition coefficient (Wildman–Crippen LogP) is 4.61. The fraction of sp³-hybridized carbons (Fsp3) is 1.00. The summed E-state index contributed by atoms with van der Waals surface area (Å²) in [7, 11) is 0. The van der Waals surface area contributed by atoms with Crippen molar-refractivity contribution in [3.63, 3.8) is 0 Å². The van der Waals surface area contributed by atoms with Crippen molar-refractivity contribution < 1.29 is 0 Å². The molecule has 1 aliphatic rings. The van der Waals surface area contributed by atoms with Crippen molar-refractivity contribution in [1.29, 1.82) is 0 Å². The molecule has 72 valence electrons. The standard InChI is InChI=1S/C8H12Br4/c9-5-1-2-6(10)8(12)4-3-7(5)11/h5-8H,1-4H2. The molecule has 1 rings (SSSR count). The number of halogens is 4. The minimum Gasteiger partial charge on any atom is -0.0879 e. The Balaban J connectivity index is 2.45. The molecule has 0 nitrogen and oxygen atoms in total. The van der Waals surface area contributed by atoms with Crippen LogP contribution < -0.4 is 0 Å². The van der Waals surface area contributed by atoms with Crippen molar-refractivity contribution in [1.82, 2.24) is 0 Å². The van der Waals surface area contributed by atoms with E-state index >= 15 is 0 Å². The summed E-state index contributed by atoms with van der Waals surface area (Å²) >= 11 is 14.8. The van der Waals surface area contributed by atoms with Gasteiger partial charge in [0.2, 0.25) is 0 Å². The van der Waals surface area contributed by atoms with Crippen LogP contribution in [0.5, 0.6) is 0 Å². The summed E-state index contributed by atoms with van der Waals surface area (Å²) < 4.78 is 0. The van der Waals surface area contributed by atoms with Crippen LogP contribution >= 0.6 is 63.7 Å². The first-order valence-corrected chi connectivity index (χ1v) is 7.84. The Morgan fingerprint density at radius 1 is 0.500 bits per heavy atom. The van der Waals surface area contributed by atoms with Gasteiger partial charge in [0.1, 0.15) is 0 Å². The lowest BCUT2D eigenvalue weighted by Gasteiger charge is -2.25. The molecule has 1 fully saturated rings. The molecule has 4 atom stereocenters. The molecule has 0 N–H and O–H groups in total. The highest BCUT2D eigenvalue weighted by atomic mass is 79.9. The van der Waals surface area contributed by atoms with Crippen LogP contribution in [-0.4, -0.2) is 19.3 Å². The van der Waals surface area contributed by atoms with E-state index in [0.717, 1.165) is 0 Å². The third kappa shape index (κ3) is 3.58. The Labute approximate surface area is 108 Å². The van der Waals surface area contributed by atoms with Crippen molar-refractivity contribution in [3.05, 3.63) is 0 Å². The third-order valence-corrected chi connectivity index (χ3v) is 8.02. The number of alkyl halides is 4. The maximum atomic E-state index is 3.70. The fourth-order valence-electron chi connectivity index (χ4n) is 1.36. The van der Waals surface area contributed by atoms with Gasteiger partial charge in [-0.2, -0.15) is 0 Å². The molecule has 0 heterocycles. The van der Waals surface area contributed by atoms with Gasteiger partial charge in [0.25, 0.3) is 0 Å². The second-order valence-electron chi connectivity index (χ2n) is 3.22. The molecule has 0 aliphatic heterocycles. The Kier molecular flexibility index (Phi) is 5.71. The lowest BCUT2D eigenvalue weighted by molar-refractivity contribution is 0.557. The van der Waals surface area contributed by atoms with Gasteiger partial charge in [0.05, 0.1) is 0 Å². The summed E-state index contributed by atoms with van der Waals surface area (Å²) in [5.41, 5.74) is 0. The SMILES string of the molecule is BrC1CCC(Br)C(Br)CCC1Br. The molecule has 0 amide bonds. The van der Waals surface area contributed by atoms with E-state index in [4.69, 9.17) is 0 Å². The van der Waals surface area contributed by atoms with E-state index in [2.05, 4.69) is 63.7 Å². The zero-order valence-electron chi connectivity index (χ0n) is 6.65. The highest BCUT2D eigenvalue weighted by Crippen LogP contribution is 2.33. The van der Waals surface area contributed by atoms with E-state index in [0.29, 0.717) is 19.3 Å². The first-order chi connectivity index (χ1) is 5.61. The van der Waals surface area contributed by atoms with E-state index in [1.54, 1.807) is 0 Å². The Hall–Kier alpha value is 1.92. The minimum atomic E-state index is 0.637. The second kappa shape index (κ2) is 5.72. The minimum absolute atomic E-state index is 0.637. The molecule has 1 aliphatic carbocycles. The topological polar surface area (TPSA) is 0 Å². The molecular formula is C8H12Br4. The van der Waals surface area contributed by atoms with Crippen LogP contribution in [0.25, 0.3) is 0 Å². The van der Waals surface area contributed by atoms with Gasteiger partial charge in [-0.05, 0) is 25.7 Å². The largest absolute Gasteiger partial charge is 0.0879 e. The smallest absolute Gasteiger partial charge is 0.0271 e. The zero-order valence-corrected chi connectivity index (χ0v) is 13.0. The van der Waals surface area contributed by atoms with Crippen molar-refractivity contribution >= 4 is 63.7 Å². The van der Waals surface area contributed by atoms with Gasteiger partial charge < -0.3 is 0 Å². The first-order valence-electron chi connectivity index (χ1n) is 4.17. The predicted molar refractivity (Wildman–Crippen MR) is 69.3 cm³/mol. The van der Waals surface area contributed by atoms with Crippen LogP contribution in [-0.2, 0) is 0 Å². The number of hydrogen-bond donors (Lipinski definition) is 0. The van der Waals surface area contributed by atoms with Crippen molar-refractivity contribution in [2.45, 2.75) is 45.0 Å². The quantitative estimate of drug-likeness (QED) is 0.495. The highest BCUT2D eigenvalue weighted by molar-refractivity contribution is 9.12. The van der Waals surface area contributed by atoms with Crippen molar-refractivity contribution in [3.8, 4) is 0 Å². The van der Waals surface area contributed by atoms with Crippen LogP contribution in [0.15, 0.2) is 0 Å². The molecule has 0 radical (unpaired) electrons. The highest BCUT2D eigenvalue weighted by Gasteiger charge is 2.25. The normalized spacial score (nSPS) is 45.0. The van der Waals surface area contributed by atoms with Gasteiger partial charge >= 0.3 is 0 Å². The summed E-state index contributed by atoms with van der Waals surface area (Å²) in [6.07, 6.45) is 4.98. The molecule has 0 aromatic rings. The lowest BCUT2D eigenvalue weighted by atomic mass is 10.0. The van der Waals surface area contributed by atoms with Crippen LogP contribution in [0.1, 0.15) is 25.7 Å². The van der Waals surface area contributed by atoms with E-state index in [9.17, 15) is 0 Å². The molecule has 4 unspecified atom stereocenters. The molecule has 0 bridgehead atoms. The number of hydrogen-bond acceptors (Lipinski definition) is 0. The van der Waals surface area contributed by atoms with Gasteiger partial charge in [0.15, 0.2) is 0 Å². The first kappa shape index (κ1) is 12.0. The molecule has 1 saturated carbocycles. The van der Waals surface area contributed by atoms with Gasteiger partial charge in [-0.1, -0.05) is 63.7 Å². The molecule has 12 heavy (non-hydrogen) atoms. The molecule has 4 heteroatoms. The van der Waals surface area contributed by atoms with E-state index in [-0.39, 0.29) is 0 Å². The molecule has 0 saturated heterocycles. The Bertz CT molecular complexity index is 107. The second-order valence-corrected chi connectivity index (χ2v) is 7.92. The average molecular weight is 428 g/mol. The fourth-order valence-corrected chi connectivity index (χ4v) is 3.47. The van der Waals surface area contributed by atoms with E-state index < -0.39 is 0 Å². The van der Waals surface area contributed by atoms with Gasteiger partial charge in [-0.15, -0.1) is 0 Å². The third-order valence-electron chi connectivity index (χ3n) is 2.22.